The summed E-state index contributed by atoms with van der Waals surface area (Å²) in [5, 5.41) is 3.26. The van der Waals surface area contributed by atoms with Crippen molar-refractivity contribution in [1.82, 2.24) is 4.98 Å². The fourth-order valence-corrected chi connectivity index (χ4v) is 2.54. The first-order valence-corrected chi connectivity index (χ1v) is 7.13. The second-order valence-corrected chi connectivity index (χ2v) is 5.55. The van der Waals surface area contributed by atoms with E-state index in [1.807, 2.05) is 12.1 Å². The molecule has 1 atom stereocenters. The topological polar surface area (TPSA) is 68.0 Å². The monoisotopic (exact) mass is 323 g/mol. The summed E-state index contributed by atoms with van der Waals surface area (Å²) in [6.07, 6.45) is 0. The van der Waals surface area contributed by atoms with Gasteiger partial charge in [0.25, 0.3) is 0 Å². The lowest BCUT2D eigenvalue weighted by Crippen LogP contribution is -2.20. The number of amides is 1. The average molecular weight is 324 g/mol. The van der Waals surface area contributed by atoms with Crippen LogP contribution in [-0.4, -0.2) is 10.9 Å². The van der Waals surface area contributed by atoms with Crippen LogP contribution in [0, 0.1) is 6.92 Å². The second kappa shape index (κ2) is 6.33. The molecule has 1 amide bonds. The first-order valence-electron chi connectivity index (χ1n) is 6.37. The number of hydrogen-bond acceptors (Lipinski definition) is 3. The first-order chi connectivity index (χ1) is 9.88. The molecule has 1 aromatic heterocycles. The molecule has 0 bridgehead atoms. The third kappa shape index (κ3) is 3.65. The van der Waals surface area contributed by atoms with Gasteiger partial charge in [0.15, 0.2) is 5.15 Å². The minimum atomic E-state index is -0.361. The number of nitrogens with zero attached hydrogens (tertiary/aromatic N) is 1. The highest BCUT2D eigenvalue weighted by atomic mass is 35.5. The van der Waals surface area contributed by atoms with E-state index in [-0.39, 0.29) is 17.0 Å². The predicted octanol–water partition coefficient (Wildman–Crippen LogP) is 4.02. The normalized spacial score (nSPS) is 12.0. The van der Waals surface area contributed by atoms with Crippen LogP contribution < -0.4 is 11.1 Å². The smallest absolute Gasteiger partial charge is 0.231 e. The molecule has 0 fully saturated rings. The SMILES string of the molecule is Cc1cc(Cl)nc(Cl)c1NC(=O)C(C)c1cccc(N)c1. The molecule has 2 rings (SSSR count). The minimum Gasteiger partial charge on any atom is -0.399 e. The van der Waals surface area contributed by atoms with Gasteiger partial charge in [-0.1, -0.05) is 35.3 Å². The van der Waals surface area contributed by atoms with Crippen molar-refractivity contribution in [1.29, 1.82) is 0 Å². The Morgan fingerprint density at radius 3 is 2.67 bits per heavy atom. The number of benzene rings is 1. The largest absolute Gasteiger partial charge is 0.399 e. The van der Waals surface area contributed by atoms with Crippen LogP contribution in [0.25, 0.3) is 0 Å². The summed E-state index contributed by atoms with van der Waals surface area (Å²) in [7, 11) is 0. The molecule has 3 N–H and O–H groups in total. The molecule has 0 aliphatic rings. The zero-order valence-electron chi connectivity index (χ0n) is 11.7. The van der Waals surface area contributed by atoms with Gasteiger partial charge in [-0.3, -0.25) is 4.79 Å². The van der Waals surface area contributed by atoms with E-state index in [0.717, 1.165) is 11.1 Å². The van der Waals surface area contributed by atoms with Crippen LogP contribution in [0.2, 0.25) is 10.3 Å². The second-order valence-electron chi connectivity index (χ2n) is 4.81. The molecule has 0 aliphatic heterocycles. The fourth-order valence-electron chi connectivity index (χ4n) is 1.96. The van der Waals surface area contributed by atoms with Gasteiger partial charge in [0.05, 0.1) is 11.6 Å². The van der Waals surface area contributed by atoms with Gasteiger partial charge in [-0.05, 0) is 43.2 Å². The quantitative estimate of drug-likeness (QED) is 0.662. The van der Waals surface area contributed by atoms with Gasteiger partial charge >= 0.3 is 0 Å². The van der Waals surface area contributed by atoms with E-state index in [1.54, 1.807) is 32.0 Å². The van der Waals surface area contributed by atoms with Crippen molar-refractivity contribution in [3.63, 3.8) is 0 Å². The summed E-state index contributed by atoms with van der Waals surface area (Å²) >= 11 is 11.8. The maximum Gasteiger partial charge on any atom is 0.231 e. The highest BCUT2D eigenvalue weighted by Gasteiger charge is 2.18. The van der Waals surface area contributed by atoms with Crippen molar-refractivity contribution in [3.8, 4) is 0 Å². The molecule has 1 unspecified atom stereocenters. The molecule has 2 aromatic rings. The third-order valence-corrected chi connectivity index (χ3v) is 3.66. The third-order valence-electron chi connectivity index (χ3n) is 3.19. The zero-order valence-corrected chi connectivity index (χ0v) is 13.2. The molecule has 0 aliphatic carbocycles. The Bertz CT molecular complexity index is 665. The average Bonchev–Trinajstić information content (AvgIpc) is 2.41. The van der Waals surface area contributed by atoms with Crippen molar-refractivity contribution < 1.29 is 4.79 Å². The number of carbonyl (C=O) groups excluding carboxylic acids is 1. The number of rotatable bonds is 3. The maximum absolute atomic E-state index is 12.3. The number of hydrogen-bond donors (Lipinski definition) is 2. The summed E-state index contributed by atoms with van der Waals surface area (Å²) in [5.41, 5.74) is 8.42. The number of aromatic nitrogens is 1. The number of anilines is 2. The van der Waals surface area contributed by atoms with Crippen molar-refractivity contribution in [3.05, 3.63) is 51.8 Å². The number of halogens is 2. The molecule has 1 heterocycles. The molecular formula is C15H15Cl2N3O. The number of carbonyl (C=O) groups is 1. The Morgan fingerprint density at radius 1 is 1.33 bits per heavy atom. The van der Waals surface area contributed by atoms with Crippen LogP contribution >= 0.6 is 23.2 Å². The van der Waals surface area contributed by atoms with Crippen molar-refractivity contribution in [2.24, 2.45) is 0 Å². The Labute approximate surface area is 133 Å². The van der Waals surface area contributed by atoms with Gasteiger partial charge in [0, 0.05) is 5.69 Å². The number of aryl methyl sites for hydroxylation is 1. The van der Waals surface area contributed by atoms with E-state index in [9.17, 15) is 4.79 Å². The minimum absolute atomic E-state index is 0.174. The van der Waals surface area contributed by atoms with Crippen LogP contribution in [0.15, 0.2) is 30.3 Å². The lowest BCUT2D eigenvalue weighted by Gasteiger charge is -2.15. The Balaban J connectivity index is 2.22. The zero-order chi connectivity index (χ0) is 15.6. The van der Waals surface area contributed by atoms with Crippen molar-refractivity contribution >= 4 is 40.5 Å². The van der Waals surface area contributed by atoms with E-state index in [2.05, 4.69) is 10.3 Å². The van der Waals surface area contributed by atoms with E-state index in [0.29, 0.717) is 16.5 Å². The van der Waals surface area contributed by atoms with Crippen LogP contribution in [0.3, 0.4) is 0 Å². The van der Waals surface area contributed by atoms with E-state index >= 15 is 0 Å². The molecular weight excluding hydrogens is 309 g/mol. The summed E-state index contributed by atoms with van der Waals surface area (Å²) in [6.45, 7) is 3.61. The van der Waals surface area contributed by atoms with Crippen LogP contribution in [0.4, 0.5) is 11.4 Å². The summed E-state index contributed by atoms with van der Waals surface area (Å²) in [5.74, 6) is -0.547. The summed E-state index contributed by atoms with van der Waals surface area (Å²) in [6, 6.07) is 8.87. The number of pyridine rings is 1. The lowest BCUT2D eigenvalue weighted by atomic mass is 9.99. The van der Waals surface area contributed by atoms with Gasteiger partial charge in [-0.15, -0.1) is 0 Å². The molecule has 21 heavy (non-hydrogen) atoms. The number of nitrogen functional groups attached to an aromatic ring is 1. The predicted molar refractivity (Wildman–Crippen MR) is 86.9 cm³/mol. The van der Waals surface area contributed by atoms with Crippen molar-refractivity contribution in [2.45, 2.75) is 19.8 Å². The van der Waals surface area contributed by atoms with E-state index in [4.69, 9.17) is 28.9 Å². The number of nitrogens with two attached hydrogens (primary N) is 1. The van der Waals surface area contributed by atoms with Gasteiger partial charge in [0.1, 0.15) is 5.15 Å². The lowest BCUT2D eigenvalue weighted by molar-refractivity contribution is -0.117. The standard InChI is InChI=1S/C15H15Cl2N3O/c1-8-6-12(16)19-14(17)13(8)20-15(21)9(2)10-4-3-5-11(18)7-10/h3-7,9H,18H2,1-2H3,(H,20,21). The van der Waals surface area contributed by atoms with Gasteiger partial charge in [0.2, 0.25) is 5.91 Å². The van der Waals surface area contributed by atoms with Gasteiger partial charge in [-0.2, -0.15) is 0 Å². The van der Waals surface area contributed by atoms with Crippen LogP contribution in [0.5, 0.6) is 0 Å². The molecule has 0 saturated carbocycles. The van der Waals surface area contributed by atoms with Crippen LogP contribution in [0.1, 0.15) is 24.0 Å². The molecule has 1 aromatic carbocycles. The molecule has 0 radical (unpaired) electrons. The maximum atomic E-state index is 12.3. The molecule has 6 heteroatoms. The molecule has 0 saturated heterocycles. The molecule has 110 valence electrons. The highest BCUT2D eigenvalue weighted by molar-refractivity contribution is 6.34. The van der Waals surface area contributed by atoms with Crippen molar-refractivity contribution in [2.75, 3.05) is 11.1 Å². The van der Waals surface area contributed by atoms with Crippen LogP contribution in [-0.2, 0) is 4.79 Å². The van der Waals surface area contributed by atoms with Gasteiger partial charge in [-0.25, -0.2) is 4.98 Å². The fraction of sp³-hybridized carbons (Fsp3) is 0.200. The summed E-state index contributed by atoms with van der Waals surface area (Å²) < 4.78 is 0. The number of nitrogens with one attached hydrogen (secondary N) is 1. The molecule has 0 spiro atoms. The Morgan fingerprint density at radius 2 is 2.05 bits per heavy atom. The van der Waals surface area contributed by atoms with E-state index < -0.39 is 0 Å². The molecule has 4 nitrogen and oxygen atoms in total. The van der Waals surface area contributed by atoms with Gasteiger partial charge < -0.3 is 11.1 Å². The summed E-state index contributed by atoms with van der Waals surface area (Å²) in [4.78, 5) is 16.3. The Hall–Kier alpha value is -1.78. The first kappa shape index (κ1) is 15.6. The van der Waals surface area contributed by atoms with E-state index in [1.165, 1.54) is 0 Å². The Kier molecular flexibility index (Phi) is 4.70. The highest BCUT2D eigenvalue weighted by Crippen LogP contribution is 2.28.